The first-order valence-electron chi connectivity index (χ1n) is 43.8. The Bertz CT molecular complexity index is 7000. The number of methoxy groups -OCH3 is 6. The number of alkyl halides is 1. The quantitative estimate of drug-likeness (QED) is 0.0146. The van der Waals surface area contributed by atoms with Gasteiger partial charge in [0, 0.05) is 21.8 Å². The second-order valence-electron chi connectivity index (χ2n) is 36.6. The van der Waals surface area contributed by atoms with Crippen LogP contribution in [0.2, 0.25) is 30.1 Å². The molecule has 3 aromatic heterocycles. The van der Waals surface area contributed by atoms with E-state index in [1.807, 2.05) is 101 Å². The number of carboxylic acids is 3. The number of aromatic nitrogens is 3. The molecule has 25 nitrogen and oxygen atoms in total. The van der Waals surface area contributed by atoms with E-state index >= 15 is 0 Å². The highest BCUT2D eigenvalue weighted by Crippen LogP contribution is 2.42. The number of aliphatic carboxylic acids is 1. The van der Waals surface area contributed by atoms with Crippen molar-refractivity contribution < 1.29 is 77.2 Å². The summed E-state index contributed by atoms with van der Waals surface area (Å²) in [5.74, 6) is -0.578. The minimum absolute atomic E-state index is 0.00878. The largest absolute Gasteiger partial charge is 0.494 e. The number of esters is 2. The van der Waals surface area contributed by atoms with E-state index in [4.69, 9.17) is 119 Å². The molecule has 3 heterocycles. The number of nitrogens with one attached hydrogen (secondary N) is 2. The predicted molar refractivity (Wildman–Crippen MR) is 587 cm³/mol. The van der Waals surface area contributed by atoms with Crippen LogP contribution in [0.25, 0.3) is 65.4 Å². The molecule has 0 aliphatic rings. The van der Waals surface area contributed by atoms with Crippen LogP contribution >= 0.6 is 115 Å². The van der Waals surface area contributed by atoms with Crippen LogP contribution in [0.3, 0.4) is 0 Å². The number of carbonyl (C=O) groups excluding carboxylic acids is 2. The molecule has 0 saturated heterocycles. The van der Waals surface area contributed by atoms with Crippen molar-refractivity contribution in [1.29, 1.82) is 0 Å². The summed E-state index contributed by atoms with van der Waals surface area (Å²) in [5, 5.41) is 36.7. The van der Waals surface area contributed by atoms with Crippen molar-refractivity contribution in [2.75, 3.05) is 77.1 Å². The number of aromatic carboxylic acids is 2. The highest BCUT2D eigenvalue weighted by Gasteiger charge is 2.27. The van der Waals surface area contributed by atoms with Gasteiger partial charge in [-0.15, -0.1) is 0 Å². The molecular formula is C107H118Cl6I2N6O19. The summed E-state index contributed by atoms with van der Waals surface area (Å²) < 4.78 is 46.1. The lowest BCUT2D eigenvalue weighted by Gasteiger charge is -2.22. The Labute approximate surface area is 871 Å². The minimum Gasteiger partial charge on any atom is -0.494 e. The number of carbonyl (C=O) groups is 5. The van der Waals surface area contributed by atoms with E-state index in [0.29, 0.717) is 153 Å². The second kappa shape index (κ2) is 50.3. The van der Waals surface area contributed by atoms with Gasteiger partial charge in [0.25, 0.3) is 0 Å². The standard InChI is InChI=1S/C22H24ClNO4.C20H20ClNO4.C18H20ClNO3.C18H18ClNO2.C11H15NO2.C7H6ClIO.C7H8ClNO.C4H7IO2/c1-6-28-18(25)12-24-17-11-13(22(2,3)4)7-8-14(17)20(26)15-9-10-16(23)21(27-5)19(15)24;1-20(2,3)11-5-6-12-15(9-11)22(10-16(23)24)17-13(18(12)25)7-8-14(21)19(17)26-4;1-18(2,3)11-8-9-12(17(21)22)15(10-11)20-14-7-5-6-13(19)16(14)23-4;1-18(2,3)10-5-6-11-14(9-10)20-15-12(16(11)21)7-8-13(19)17(15)22-4;1-11(2,3)7-4-5-8(10(13)14)9(12)6-7;2*1-10-7-5(8)3-2-4-6(7)9;1-2-7-4(6)3-5/h7-11H,6,12H2,1-5H3;5-9H,10H2,1-4H3,(H,23,24);5-10,20H,1-4H3,(H,21,22);5-9H,1-4H3,(H,20,21);4-6H,12H2,1-3H3,(H,13,14);2-4H,1H3;2-4H,9H2,1H3;2-3H2,1H3. The molecule has 140 heavy (non-hydrogen) atoms. The molecule has 33 heteroatoms. The number of aromatic amines is 1. The average Bonchev–Trinajstić information content (AvgIpc) is 0.735. The van der Waals surface area contributed by atoms with Crippen molar-refractivity contribution in [2.24, 2.45) is 0 Å². The molecule has 11 aromatic carbocycles. The number of fused-ring (bicyclic) bond motifs is 6. The Hall–Kier alpha value is -11.4. The number of nitrogens with zero attached hydrogens (tertiary/aromatic N) is 2. The first-order chi connectivity index (χ1) is 65.5. The van der Waals surface area contributed by atoms with Gasteiger partial charge in [-0.05, 0) is 225 Å². The van der Waals surface area contributed by atoms with Crippen LogP contribution in [0, 0.1) is 3.57 Å². The fraction of sp³-hybridized carbons (Fsp3) is 0.308. The smallest absolute Gasteiger partial charge is 0.337 e. The summed E-state index contributed by atoms with van der Waals surface area (Å²) in [5.41, 5.74) is 21.7. The maximum absolute atomic E-state index is 13.2. The molecule has 0 saturated carbocycles. The minimum atomic E-state index is -1.01. The number of nitrogens with two attached hydrogens (primary N) is 2. The summed E-state index contributed by atoms with van der Waals surface area (Å²) in [4.78, 5) is 98.5. The molecule has 14 aromatic rings. The topological polar surface area (TPSA) is 361 Å². The van der Waals surface area contributed by atoms with E-state index in [0.717, 1.165) is 42.7 Å². The van der Waals surface area contributed by atoms with Crippen LogP contribution in [0.5, 0.6) is 34.5 Å². The number of anilines is 4. The lowest BCUT2D eigenvalue weighted by Crippen LogP contribution is -2.20. The maximum Gasteiger partial charge on any atom is 0.337 e. The maximum atomic E-state index is 13.2. The molecule has 0 unspecified atom stereocenters. The zero-order valence-corrected chi connectivity index (χ0v) is 91.2. The average molecular weight is 2260 g/mol. The van der Waals surface area contributed by atoms with E-state index in [1.54, 1.807) is 140 Å². The Morgan fingerprint density at radius 3 is 1.13 bits per heavy atom. The summed E-state index contributed by atoms with van der Waals surface area (Å²) in [7, 11) is 9.17. The number of hydrogen-bond acceptors (Lipinski definition) is 19. The van der Waals surface area contributed by atoms with E-state index in [2.05, 4.69) is 141 Å². The summed E-state index contributed by atoms with van der Waals surface area (Å²) in [6.45, 7) is 35.3. The molecule has 0 bridgehead atoms. The van der Waals surface area contributed by atoms with Crippen molar-refractivity contribution in [1.82, 2.24) is 14.1 Å². The number of benzene rings is 11. The summed E-state index contributed by atoms with van der Waals surface area (Å²) in [6, 6.07) is 53.7. The van der Waals surface area contributed by atoms with Crippen molar-refractivity contribution in [3.63, 3.8) is 0 Å². The molecule has 0 aliphatic carbocycles. The Morgan fingerprint density at radius 1 is 0.379 bits per heavy atom. The fourth-order valence-corrected chi connectivity index (χ4v) is 16.9. The van der Waals surface area contributed by atoms with Crippen LogP contribution < -0.4 is 61.5 Å². The lowest BCUT2D eigenvalue weighted by atomic mass is 9.86. The van der Waals surface area contributed by atoms with Gasteiger partial charge in [-0.1, -0.05) is 245 Å². The van der Waals surface area contributed by atoms with Crippen LogP contribution in [0.1, 0.15) is 166 Å². The molecule has 0 radical (unpaired) electrons. The molecular weight excluding hydrogens is 2140 g/mol. The number of halogens is 8. The molecule has 0 amide bonds. The third-order valence-corrected chi connectivity index (χ3v) is 24.9. The summed E-state index contributed by atoms with van der Waals surface area (Å²) >= 11 is 40.5. The van der Waals surface area contributed by atoms with Crippen LogP contribution in [-0.2, 0) is 64.0 Å². The first kappa shape index (κ1) is 116. The van der Waals surface area contributed by atoms with E-state index in [9.17, 15) is 48.6 Å². The highest BCUT2D eigenvalue weighted by atomic mass is 127. The zero-order valence-electron chi connectivity index (χ0n) is 82.3. The van der Waals surface area contributed by atoms with E-state index in [1.165, 1.54) is 28.4 Å². The van der Waals surface area contributed by atoms with Gasteiger partial charge >= 0.3 is 29.8 Å². The number of ether oxygens (including phenoxy) is 8. The van der Waals surface area contributed by atoms with E-state index in [-0.39, 0.29) is 80.2 Å². The van der Waals surface area contributed by atoms with Crippen molar-refractivity contribution in [2.45, 2.75) is 158 Å². The second-order valence-corrected chi connectivity index (χ2v) is 41.0. The molecule has 0 aliphatic heterocycles. The van der Waals surface area contributed by atoms with E-state index < -0.39 is 23.9 Å². The van der Waals surface area contributed by atoms with Gasteiger partial charge in [0.2, 0.25) is 0 Å². The molecule has 746 valence electrons. The molecule has 0 spiro atoms. The van der Waals surface area contributed by atoms with Gasteiger partial charge in [-0.2, -0.15) is 0 Å². The van der Waals surface area contributed by atoms with Crippen molar-refractivity contribution in [3.8, 4) is 34.5 Å². The number of hydrogen-bond donors (Lipinski definition) is 7. The lowest BCUT2D eigenvalue weighted by molar-refractivity contribution is -0.143. The van der Waals surface area contributed by atoms with Crippen LogP contribution in [-0.4, -0.2) is 120 Å². The normalized spacial score (nSPS) is 11.2. The van der Waals surface area contributed by atoms with Gasteiger partial charge in [0.1, 0.15) is 13.1 Å². The number of rotatable bonds is 17. The van der Waals surface area contributed by atoms with Crippen molar-refractivity contribution in [3.05, 3.63) is 285 Å². The highest BCUT2D eigenvalue weighted by molar-refractivity contribution is 14.1. The number of para-hydroxylation sites is 3. The van der Waals surface area contributed by atoms with Gasteiger partial charge in [0.05, 0.1) is 171 Å². The fourth-order valence-electron chi connectivity index (χ4n) is 14.3. The Kier molecular flexibility index (Phi) is 41.5. The van der Waals surface area contributed by atoms with Crippen LogP contribution in [0.4, 0.5) is 22.7 Å². The molecule has 0 fully saturated rings. The van der Waals surface area contributed by atoms with Gasteiger partial charge in [0.15, 0.2) is 50.8 Å². The third-order valence-electron chi connectivity index (χ3n) is 21.7. The SMILES string of the molecule is CC(C)(C)c1ccc(C(=O)O)c(N)c1.CCOC(=O)CI.CCOC(=O)Cn1c2cc(C(C)(C)C)ccc2c(=O)c2ccc(Cl)c(OC)c21.COc1c(Cl)ccc2c(=O)c3ccc(C(C)(C)C)cc3[nH]c12.COc1c(Cl)ccc2c(=O)c3ccc(C(C)(C)C)cc3n(CC(=O)O)c12.COc1c(Cl)cccc1I.COc1c(Cl)cccc1Nc1cc(C(C)(C)C)ccc1C(=O)O.COc1c(N)cccc1Cl. The number of pyridine rings is 3. The number of H-pyrrole nitrogens is 1. The molecule has 14 rings (SSSR count). The monoisotopic (exact) mass is 2250 g/mol. The van der Waals surface area contributed by atoms with Crippen LogP contribution in [0.15, 0.2) is 196 Å². The Balaban J connectivity index is 0.000000225. The number of nitrogen functional groups attached to an aromatic ring is 2. The zero-order chi connectivity index (χ0) is 105. The van der Waals surface area contributed by atoms with Gasteiger partial charge in [-0.3, -0.25) is 28.8 Å². The van der Waals surface area contributed by atoms with Crippen molar-refractivity contribution >= 4 is 233 Å². The Morgan fingerprint density at radius 2 is 0.736 bits per heavy atom. The van der Waals surface area contributed by atoms with Gasteiger partial charge < -0.3 is 84.1 Å². The molecule has 0 atom stereocenters. The summed E-state index contributed by atoms with van der Waals surface area (Å²) in [6.07, 6.45) is 0. The third kappa shape index (κ3) is 29.4. The molecule has 9 N–H and O–H groups in total. The first-order valence-corrected chi connectivity index (χ1v) is 48.7. The predicted octanol–water partition coefficient (Wildman–Crippen LogP) is 26.7. The number of carboxylic acid groups (broad SMARTS) is 3. The van der Waals surface area contributed by atoms with Gasteiger partial charge in [-0.25, -0.2) is 9.59 Å².